The van der Waals surface area contributed by atoms with E-state index in [1.54, 1.807) is 61.5 Å². The number of ether oxygens (including phenoxy) is 4. The van der Waals surface area contributed by atoms with Crippen LogP contribution < -0.4 is 18.9 Å². The van der Waals surface area contributed by atoms with E-state index in [4.69, 9.17) is 30.5 Å². The summed E-state index contributed by atoms with van der Waals surface area (Å²) in [6.45, 7) is 4.15. The molecular formula is C35H29ClF2O5. The van der Waals surface area contributed by atoms with Crippen molar-refractivity contribution in [2.24, 2.45) is 0 Å². The summed E-state index contributed by atoms with van der Waals surface area (Å²) in [5.41, 5.74) is 1.01. The number of halogens is 3. The van der Waals surface area contributed by atoms with Crippen molar-refractivity contribution in [1.29, 1.82) is 0 Å². The summed E-state index contributed by atoms with van der Waals surface area (Å²) in [7, 11) is 0. The Bertz CT molecular complexity index is 1770. The van der Waals surface area contributed by atoms with Gasteiger partial charge in [-0.05, 0) is 67.4 Å². The Morgan fingerprint density at radius 2 is 1.33 bits per heavy atom. The zero-order valence-electron chi connectivity index (χ0n) is 23.7. The normalized spacial score (nSPS) is 10.9. The first-order valence-electron chi connectivity index (χ1n) is 13.9. The minimum atomic E-state index is -0.679. The fourth-order valence-corrected chi connectivity index (χ4v) is 4.71. The average Bonchev–Trinajstić information content (AvgIpc) is 3.00. The Kier molecular flexibility index (Phi) is 9.42. The molecule has 8 heteroatoms. The lowest BCUT2D eigenvalue weighted by molar-refractivity contribution is 0.0731. The molecule has 0 saturated heterocycles. The van der Waals surface area contributed by atoms with Crippen molar-refractivity contribution in [2.45, 2.75) is 33.1 Å². The Labute approximate surface area is 253 Å². The Hall–Kier alpha value is -4.62. The molecule has 220 valence electrons. The second-order valence-electron chi connectivity index (χ2n) is 9.83. The minimum absolute atomic E-state index is 0.0737. The van der Waals surface area contributed by atoms with Gasteiger partial charge in [-0.2, -0.15) is 0 Å². The van der Waals surface area contributed by atoms with Crippen LogP contribution in [0.3, 0.4) is 0 Å². The predicted molar refractivity (Wildman–Crippen MR) is 163 cm³/mol. The summed E-state index contributed by atoms with van der Waals surface area (Å²) >= 11 is 6.43. The van der Waals surface area contributed by atoms with Crippen LogP contribution in [-0.2, 0) is 0 Å². The highest BCUT2D eigenvalue weighted by Crippen LogP contribution is 2.55. The molecule has 0 unspecified atom stereocenters. The summed E-state index contributed by atoms with van der Waals surface area (Å²) in [6, 6.07) is 23.4. The number of carbonyl (C=O) groups excluding carboxylic acids is 1. The molecule has 0 atom stereocenters. The number of fused-ring (bicyclic) bond motifs is 1. The number of carbonyl (C=O) groups is 1. The summed E-state index contributed by atoms with van der Waals surface area (Å²) in [5, 5.41) is 1.20. The number of esters is 1. The second kappa shape index (κ2) is 13.6. The maximum atomic E-state index is 15.0. The van der Waals surface area contributed by atoms with Gasteiger partial charge in [0, 0.05) is 15.8 Å². The van der Waals surface area contributed by atoms with E-state index in [9.17, 15) is 13.6 Å². The van der Waals surface area contributed by atoms with E-state index in [-0.39, 0.29) is 34.5 Å². The molecule has 0 aliphatic rings. The highest BCUT2D eigenvalue weighted by atomic mass is 35.5. The Balaban J connectivity index is 1.79. The van der Waals surface area contributed by atoms with Crippen LogP contribution in [-0.4, -0.2) is 12.6 Å². The van der Waals surface area contributed by atoms with Crippen LogP contribution in [0.1, 0.15) is 42.1 Å². The molecule has 5 rings (SSSR count). The number of hydrogen-bond acceptors (Lipinski definition) is 5. The fourth-order valence-electron chi connectivity index (χ4n) is 4.53. The lowest BCUT2D eigenvalue weighted by Crippen LogP contribution is -2.12. The summed E-state index contributed by atoms with van der Waals surface area (Å²) < 4.78 is 54.5. The van der Waals surface area contributed by atoms with Crippen molar-refractivity contribution in [2.75, 3.05) is 6.61 Å². The van der Waals surface area contributed by atoms with E-state index in [1.165, 1.54) is 36.4 Å². The molecule has 0 heterocycles. The molecule has 5 aromatic carbocycles. The molecule has 0 N–H and O–H groups in total. The molecule has 5 nitrogen and oxygen atoms in total. The molecular weight excluding hydrogens is 574 g/mol. The van der Waals surface area contributed by atoms with Crippen LogP contribution in [0.15, 0.2) is 91.0 Å². The lowest BCUT2D eigenvalue weighted by atomic mass is 10.1. The van der Waals surface area contributed by atoms with E-state index in [1.807, 2.05) is 0 Å². The zero-order valence-corrected chi connectivity index (χ0v) is 24.4. The molecule has 0 bridgehead atoms. The molecule has 0 aromatic heterocycles. The standard InChI is InChI=1S/C35H29ClF2O5/c1-3-4-11-20-40-31-26-21-23(36)18-19-25(26)32(43-35(39)24-13-6-5-12-22(24)2)34(42-30-17-10-8-15-28(30)38)33(31)41-29-16-9-7-14-27(29)37/h5-10,12-19,21H,3-4,11,20H2,1-2H3. The first kappa shape index (κ1) is 29.9. The van der Waals surface area contributed by atoms with Gasteiger partial charge < -0.3 is 18.9 Å². The van der Waals surface area contributed by atoms with E-state index in [0.717, 1.165) is 19.3 Å². The minimum Gasteiger partial charge on any atom is -0.489 e. The van der Waals surface area contributed by atoms with Gasteiger partial charge in [-0.1, -0.05) is 73.8 Å². The van der Waals surface area contributed by atoms with Crippen LogP contribution in [0.5, 0.6) is 34.5 Å². The summed E-state index contributed by atoms with van der Waals surface area (Å²) in [6.07, 6.45) is 2.60. The van der Waals surface area contributed by atoms with Gasteiger partial charge >= 0.3 is 5.97 Å². The molecule has 0 spiro atoms. The quantitative estimate of drug-likeness (QED) is 0.0855. The number of aryl methyl sites for hydroxylation is 1. The van der Waals surface area contributed by atoms with Gasteiger partial charge in [0.25, 0.3) is 0 Å². The smallest absolute Gasteiger partial charge is 0.343 e. The number of rotatable bonds is 11. The maximum absolute atomic E-state index is 15.0. The fraction of sp³-hybridized carbons (Fsp3) is 0.171. The van der Waals surface area contributed by atoms with Crippen molar-refractivity contribution >= 4 is 28.3 Å². The Morgan fingerprint density at radius 3 is 1.95 bits per heavy atom. The molecule has 0 amide bonds. The van der Waals surface area contributed by atoms with Crippen molar-refractivity contribution < 1.29 is 32.5 Å². The van der Waals surface area contributed by atoms with E-state index >= 15 is 0 Å². The molecule has 0 radical (unpaired) electrons. The highest BCUT2D eigenvalue weighted by Gasteiger charge is 2.29. The van der Waals surface area contributed by atoms with Gasteiger partial charge in [0.2, 0.25) is 11.5 Å². The average molecular weight is 603 g/mol. The van der Waals surface area contributed by atoms with Gasteiger partial charge in [-0.25, -0.2) is 13.6 Å². The highest BCUT2D eigenvalue weighted by molar-refractivity contribution is 6.31. The van der Waals surface area contributed by atoms with Gasteiger partial charge in [-0.15, -0.1) is 0 Å². The third-order valence-electron chi connectivity index (χ3n) is 6.74. The largest absolute Gasteiger partial charge is 0.489 e. The maximum Gasteiger partial charge on any atom is 0.343 e. The number of para-hydroxylation sites is 2. The van der Waals surface area contributed by atoms with E-state index in [2.05, 4.69) is 6.92 Å². The summed E-state index contributed by atoms with van der Waals surface area (Å²) in [5.74, 6) is -2.48. The topological polar surface area (TPSA) is 54.0 Å². The van der Waals surface area contributed by atoms with Crippen molar-refractivity contribution in [3.63, 3.8) is 0 Å². The molecule has 43 heavy (non-hydrogen) atoms. The SMILES string of the molecule is CCCCCOc1c(Oc2ccccc2F)c(Oc2ccccc2F)c(OC(=O)c2ccccc2C)c2ccc(Cl)cc12. The molecule has 0 fully saturated rings. The van der Waals surface area contributed by atoms with Crippen LogP contribution >= 0.6 is 11.6 Å². The van der Waals surface area contributed by atoms with E-state index < -0.39 is 17.6 Å². The monoisotopic (exact) mass is 602 g/mol. The number of hydrogen-bond donors (Lipinski definition) is 0. The van der Waals surface area contributed by atoms with Gasteiger partial charge in [0.05, 0.1) is 12.2 Å². The lowest BCUT2D eigenvalue weighted by Gasteiger charge is -2.22. The van der Waals surface area contributed by atoms with Crippen molar-refractivity contribution in [3.8, 4) is 34.5 Å². The second-order valence-corrected chi connectivity index (χ2v) is 10.3. The van der Waals surface area contributed by atoms with Crippen LogP contribution in [0, 0.1) is 18.6 Å². The molecule has 0 aliphatic heterocycles. The Morgan fingerprint density at radius 1 is 0.721 bits per heavy atom. The van der Waals surface area contributed by atoms with Crippen molar-refractivity contribution in [1.82, 2.24) is 0 Å². The zero-order chi connectivity index (χ0) is 30.3. The van der Waals surface area contributed by atoms with Crippen LogP contribution in [0.2, 0.25) is 5.02 Å². The van der Waals surface area contributed by atoms with E-state index in [0.29, 0.717) is 33.5 Å². The van der Waals surface area contributed by atoms with Gasteiger partial charge in [-0.3, -0.25) is 0 Å². The first-order chi connectivity index (χ1) is 20.9. The molecule has 0 saturated carbocycles. The van der Waals surface area contributed by atoms with Crippen LogP contribution in [0.25, 0.3) is 10.8 Å². The third-order valence-corrected chi connectivity index (χ3v) is 6.98. The van der Waals surface area contributed by atoms with Gasteiger partial charge in [0.15, 0.2) is 34.6 Å². The van der Waals surface area contributed by atoms with Crippen LogP contribution in [0.4, 0.5) is 8.78 Å². The van der Waals surface area contributed by atoms with Gasteiger partial charge in [0.1, 0.15) is 0 Å². The molecule has 5 aromatic rings. The number of benzene rings is 5. The molecule has 0 aliphatic carbocycles. The van der Waals surface area contributed by atoms with Crippen molar-refractivity contribution in [3.05, 3.63) is 119 Å². The third kappa shape index (κ3) is 6.73. The first-order valence-corrected chi connectivity index (χ1v) is 14.3. The number of unbranched alkanes of at least 4 members (excludes halogenated alkanes) is 2. The predicted octanol–water partition coefficient (Wildman–Crippen LogP) is 10.5. The summed E-state index contributed by atoms with van der Waals surface area (Å²) in [4.78, 5) is 13.6.